The number of hydrogen-bond donors (Lipinski definition) is 1. The normalized spacial score (nSPS) is 16.7. The second-order valence-corrected chi connectivity index (χ2v) is 5.70. The Kier molecular flexibility index (Phi) is 5.63. The van der Waals surface area contributed by atoms with Crippen molar-refractivity contribution in [2.24, 2.45) is 0 Å². The fraction of sp³-hybridized carbons (Fsp3) is 0.583. The topological polar surface area (TPSA) is 42.0 Å². The van der Waals surface area contributed by atoms with Crippen molar-refractivity contribution in [3.05, 3.63) is 30.1 Å². The van der Waals surface area contributed by atoms with Gasteiger partial charge in [0.1, 0.15) is 0 Å². The van der Waals surface area contributed by atoms with Crippen molar-refractivity contribution in [1.82, 2.24) is 10.3 Å². The molecule has 0 aromatic carbocycles. The first-order valence-corrected chi connectivity index (χ1v) is 7.28. The highest BCUT2D eigenvalue weighted by atomic mass is 32.2. The molecule has 0 aliphatic heterocycles. The van der Waals surface area contributed by atoms with E-state index in [0.717, 1.165) is 12.2 Å². The summed E-state index contributed by atoms with van der Waals surface area (Å²) >= 11 is 0. The van der Waals surface area contributed by atoms with Crippen LogP contribution in [-0.4, -0.2) is 27.2 Å². The molecule has 4 heteroatoms. The van der Waals surface area contributed by atoms with Crippen LogP contribution in [0.1, 0.15) is 31.9 Å². The maximum atomic E-state index is 11.0. The zero-order valence-electron chi connectivity index (χ0n) is 10.1. The van der Waals surface area contributed by atoms with Gasteiger partial charge in [0.15, 0.2) is 0 Å². The number of aromatic nitrogens is 1. The molecule has 0 bridgehead atoms. The molecule has 0 radical (unpaired) electrons. The molecule has 1 aromatic rings. The number of rotatable bonds is 6. The maximum absolute atomic E-state index is 11.0. The van der Waals surface area contributed by atoms with E-state index in [0.29, 0.717) is 6.04 Å². The Balaban J connectivity index is 2.39. The number of nitrogens with one attached hydrogen (secondary N) is 1. The van der Waals surface area contributed by atoms with Crippen molar-refractivity contribution >= 4 is 10.8 Å². The molecule has 3 atom stereocenters. The van der Waals surface area contributed by atoms with E-state index in [1.54, 1.807) is 12.5 Å². The lowest BCUT2D eigenvalue weighted by molar-refractivity contribution is 0.469. The minimum atomic E-state index is -0.698. The van der Waals surface area contributed by atoms with Gasteiger partial charge in [-0.15, -0.1) is 0 Å². The van der Waals surface area contributed by atoms with E-state index >= 15 is 0 Å². The van der Waals surface area contributed by atoms with E-state index in [1.165, 1.54) is 5.56 Å². The lowest BCUT2D eigenvalue weighted by Crippen LogP contribution is -2.30. The molecule has 3 unspecified atom stereocenters. The van der Waals surface area contributed by atoms with Gasteiger partial charge in [-0.2, -0.15) is 0 Å². The molecule has 0 saturated heterocycles. The maximum Gasteiger partial charge on any atom is 0.0315 e. The van der Waals surface area contributed by atoms with Crippen LogP contribution in [0, 0.1) is 0 Å². The molecule has 0 saturated carbocycles. The third-order valence-corrected chi connectivity index (χ3v) is 3.37. The number of pyridine rings is 1. The minimum Gasteiger partial charge on any atom is -0.308 e. The summed E-state index contributed by atoms with van der Waals surface area (Å²) in [4.78, 5) is 4.10. The van der Waals surface area contributed by atoms with Crippen LogP contribution >= 0.6 is 0 Å². The molecule has 1 rings (SSSR count). The Morgan fingerprint density at radius 1 is 1.50 bits per heavy atom. The quantitative estimate of drug-likeness (QED) is 0.825. The molecule has 1 heterocycles. The Labute approximate surface area is 100 Å². The van der Waals surface area contributed by atoms with Crippen LogP contribution in [0.25, 0.3) is 0 Å². The third-order valence-electron chi connectivity index (χ3n) is 2.56. The van der Waals surface area contributed by atoms with E-state index in [9.17, 15) is 4.21 Å². The molecular weight excluding hydrogens is 220 g/mol. The molecule has 0 spiro atoms. The second kappa shape index (κ2) is 6.76. The molecular formula is C12H20N2OS. The van der Waals surface area contributed by atoms with Gasteiger partial charge in [-0.3, -0.25) is 9.19 Å². The first-order valence-electron chi connectivity index (χ1n) is 5.55. The van der Waals surface area contributed by atoms with E-state index in [2.05, 4.69) is 30.2 Å². The van der Waals surface area contributed by atoms with Gasteiger partial charge >= 0.3 is 0 Å². The van der Waals surface area contributed by atoms with Crippen LogP contribution in [0.5, 0.6) is 0 Å². The molecule has 0 aliphatic rings. The Hall–Kier alpha value is -0.740. The second-order valence-electron chi connectivity index (χ2n) is 4.14. The average molecular weight is 240 g/mol. The first-order chi connectivity index (χ1) is 7.59. The van der Waals surface area contributed by atoms with Gasteiger partial charge in [0, 0.05) is 47.3 Å². The van der Waals surface area contributed by atoms with E-state index < -0.39 is 10.8 Å². The summed E-state index contributed by atoms with van der Waals surface area (Å²) in [6.07, 6.45) is 6.34. The molecule has 1 aromatic heterocycles. The molecule has 1 N–H and O–H groups in total. The van der Waals surface area contributed by atoms with Crippen LogP contribution in [0.4, 0.5) is 0 Å². The van der Waals surface area contributed by atoms with Crippen LogP contribution in [0.3, 0.4) is 0 Å². The molecule has 0 fully saturated rings. The lowest BCUT2D eigenvalue weighted by Gasteiger charge is -2.19. The molecule has 0 amide bonds. The van der Waals surface area contributed by atoms with Crippen molar-refractivity contribution in [3.8, 4) is 0 Å². The summed E-state index contributed by atoms with van der Waals surface area (Å²) in [7, 11) is -0.698. The van der Waals surface area contributed by atoms with Gasteiger partial charge in [-0.05, 0) is 31.9 Å². The van der Waals surface area contributed by atoms with Crippen molar-refractivity contribution < 1.29 is 4.21 Å². The summed E-state index contributed by atoms with van der Waals surface area (Å²) in [6.45, 7) is 4.25. The van der Waals surface area contributed by atoms with Crippen molar-refractivity contribution in [3.63, 3.8) is 0 Å². The minimum absolute atomic E-state index is 0.286. The van der Waals surface area contributed by atoms with Crippen LogP contribution < -0.4 is 5.32 Å². The average Bonchev–Trinajstić information content (AvgIpc) is 2.27. The highest BCUT2D eigenvalue weighted by Gasteiger charge is 2.09. The van der Waals surface area contributed by atoms with Gasteiger partial charge in [-0.1, -0.05) is 6.07 Å². The Morgan fingerprint density at radius 3 is 2.81 bits per heavy atom. The van der Waals surface area contributed by atoms with Crippen LogP contribution in [-0.2, 0) is 10.8 Å². The molecule has 16 heavy (non-hydrogen) atoms. The predicted molar refractivity (Wildman–Crippen MR) is 68.8 cm³/mol. The Morgan fingerprint density at radius 2 is 2.25 bits per heavy atom. The van der Waals surface area contributed by atoms with Crippen LogP contribution in [0.2, 0.25) is 0 Å². The van der Waals surface area contributed by atoms with Gasteiger partial charge < -0.3 is 5.32 Å². The van der Waals surface area contributed by atoms with Crippen molar-refractivity contribution in [2.45, 2.75) is 32.4 Å². The zero-order valence-corrected chi connectivity index (χ0v) is 11.0. The van der Waals surface area contributed by atoms with E-state index in [-0.39, 0.29) is 6.04 Å². The fourth-order valence-electron chi connectivity index (χ4n) is 1.58. The Bertz CT molecular complexity index is 329. The number of hydrogen-bond acceptors (Lipinski definition) is 3. The highest BCUT2D eigenvalue weighted by molar-refractivity contribution is 7.84. The van der Waals surface area contributed by atoms with E-state index in [1.807, 2.05) is 12.3 Å². The monoisotopic (exact) mass is 240 g/mol. The van der Waals surface area contributed by atoms with Crippen LogP contribution in [0.15, 0.2) is 24.5 Å². The standard InChI is InChI=1S/C12H20N2OS/c1-10(6-8-16(3)15)14-11(2)12-5-4-7-13-9-12/h4-5,7,9-11,14H,6,8H2,1-3H3. The first kappa shape index (κ1) is 13.3. The predicted octanol–water partition coefficient (Wildman–Crippen LogP) is 1.89. The largest absolute Gasteiger partial charge is 0.308 e. The van der Waals surface area contributed by atoms with Gasteiger partial charge in [0.05, 0.1) is 0 Å². The zero-order chi connectivity index (χ0) is 12.0. The lowest BCUT2D eigenvalue weighted by atomic mass is 10.1. The van der Waals surface area contributed by atoms with Crippen molar-refractivity contribution in [1.29, 1.82) is 0 Å². The number of nitrogens with zero attached hydrogens (tertiary/aromatic N) is 1. The molecule has 0 aliphatic carbocycles. The van der Waals surface area contributed by atoms with Gasteiger partial charge in [0.25, 0.3) is 0 Å². The van der Waals surface area contributed by atoms with Gasteiger partial charge in [0.2, 0.25) is 0 Å². The smallest absolute Gasteiger partial charge is 0.0315 e. The summed E-state index contributed by atoms with van der Waals surface area (Å²) in [5.41, 5.74) is 1.19. The molecule has 3 nitrogen and oxygen atoms in total. The van der Waals surface area contributed by atoms with Gasteiger partial charge in [-0.25, -0.2) is 0 Å². The fourth-order valence-corrected chi connectivity index (χ4v) is 2.27. The summed E-state index contributed by atoms with van der Waals surface area (Å²) in [5.74, 6) is 0.758. The van der Waals surface area contributed by atoms with Crippen molar-refractivity contribution in [2.75, 3.05) is 12.0 Å². The SMILES string of the molecule is CC(CCS(C)=O)NC(C)c1cccnc1. The summed E-state index contributed by atoms with van der Waals surface area (Å²) in [6, 6.07) is 4.67. The highest BCUT2D eigenvalue weighted by Crippen LogP contribution is 2.11. The summed E-state index contributed by atoms with van der Waals surface area (Å²) < 4.78 is 11.0. The van der Waals surface area contributed by atoms with E-state index in [4.69, 9.17) is 0 Å². The third kappa shape index (κ3) is 4.86. The summed E-state index contributed by atoms with van der Waals surface area (Å²) in [5, 5.41) is 3.48. The molecule has 90 valence electrons.